The molecule has 0 unspecified atom stereocenters. The van der Waals surface area contributed by atoms with Gasteiger partial charge in [-0.1, -0.05) is 12.1 Å². The molecular weight excluding hydrogens is 354 g/mol. The van der Waals surface area contributed by atoms with E-state index in [0.29, 0.717) is 30.1 Å². The lowest BCUT2D eigenvalue weighted by molar-refractivity contribution is -0.128. The highest BCUT2D eigenvalue weighted by Gasteiger charge is 2.39. The number of aromatic nitrogens is 1. The number of nitrogens with one attached hydrogen (secondary N) is 2. The van der Waals surface area contributed by atoms with Crippen LogP contribution in [0, 0.1) is 19.8 Å². The highest BCUT2D eigenvalue weighted by atomic mass is 16.2. The number of nitrogens with zero attached hydrogens (tertiary/aromatic N) is 1. The molecule has 2 N–H and O–H groups in total. The molecular formula is C22H25N3O3. The Morgan fingerprint density at radius 1 is 1.18 bits per heavy atom. The fourth-order valence-corrected chi connectivity index (χ4v) is 3.77. The summed E-state index contributed by atoms with van der Waals surface area (Å²) >= 11 is 0. The van der Waals surface area contributed by atoms with Crippen molar-refractivity contribution in [1.29, 1.82) is 0 Å². The lowest BCUT2D eigenvalue weighted by Gasteiger charge is -2.15. The van der Waals surface area contributed by atoms with E-state index in [4.69, 9.17) is 0 Å². The van der Waals surface area contributed by atoms with Crippen LogP contribution >= 0.6 is 0 Å². The number of benzene rings is 1. The number of rotatable bonds is 5. The topological polar surface area (TPSA) is 82.3 Å². The zero-order valence-electron chi connectivity index (χ0n) is 16.2. The van der Waals surface area contributed by atoms with Gasteiger partial charge in [0.1, 0.15) is 0 Å². The van der Waals surface area contributed by atoms with Gasteiger partial charge < -0.3 is 15.2 Å². The summed E-state index contributed by atoms with van der Waals surface area (Å²) in [6.07, 6.45) is 2.74. The van der Waals surface area contributed by atoms with Gasteiger partial charge in [-0.3, -0.25) is 14.4 Å². The van der Waals surface area contributed by atoms with Crippen molar-refractivity contribution in [2.24, 2.45) is 5.92 Å². The fourth-order valence-electron chi connectivity index (χ4n) is 3.77. The van der Waals surface area contributed by atoms with Crippen LogP contribution in [-0.2, 0) is 4.79 Å². The van der Waals surface area contributed by atoms with Gasteiger partial charge in [-0.05, 0) is 56.0 Å². The maximum absolute atomic E-state index is 12.4. The minimum atomic E-state index is -0.155. The molecule has 4 rings (SSSR count). The molecule has 28 heavy (non-hydrogen) atoms. The molecule has 1 aromatic carbocycles. The zero-order valence-corrected chi connectivity index (χ0v) is 16.2. The number of carbonyl (C=O) groups excluding carboxylic acids is 2. The summed E-state index contributed by atoms with van der Waals surface area (Å²) in [6.45, 7) is 5.08. The van der Waals surface area contributed by atoms with E-state index in [2.05, 4.69) is 10.3 Å². The second kappa shape index (κ2) is 7.26. The zero-order chi connectivity index (χ0) is 19.8. The summed E-state index contributed by atoms with van der Waals surface area (Å²) in [5.74, 6) is 0.244. The Labute approximate surface area is 164 Å². The van der Waals surface area contributed by atoms with E-state index < -0.39 is 0 Å². The number of likely N-dealkylation sites (tertiary alicyclic amines) is 1. The molecule has 2 amide bonds. The Bertz CT molecular complexity index is 974. The van der Waals surface area contributed by atoms with Gasteiger partial charge in [0.2, 0.25) is 5.91 Å². The van der Waals surface area contributed by atoms with Crippen LogP contribution in [0.5, 0.6) is 0 Å². The normalized spacial score (nSPS) is 19.1. The minimum absolute atomic E-state index is 0.133. The fraction of sp³-hybridized carbons (Fsp3) is 0.409. The molecule has 146 valence electrons. The first-order valence-corrected chi connectivity index (χ1v) is 9.81. The predicted octanol–water partition coefficient (Wildman–Crippen LogP) is 2.40. The van der Waals surface area contributed by atoms with Gasteiger partial charge in [0, 0.05) is 48.3 Å². The smallest absolute Gasteiger partial charge is 0.256 e. The van der Waals surface area contributed by atoms with Gasteiger partial charge in [-0.2, -0.15) is 0 Å². The maximum atomic E-state index is 12.4. The van der Waals surface area contributed by atoms with Crippen LogP contribution in [0.15, 0.2) is 35.1 Å². The first-order valence-electron chi connectivity index (χ1n) is 9.81. The number of hydrogen-bond acceptors (Lipinski definition) is 3. The number of H-pyrrole nitrogens is 1. The monoisotopic (exact) mass is 379 g/mol. The van der Waals surface area contributed by atoms with E-state index in [1.807, 2.05) is 24.8 Å². The van der Waals surface area contributed by atoms with Crippen molar-refractivity contribution in [2.75, 3.05) is 13.1 Å². The summed E-state index contributed by atoms with van der Waals surface area (Å²) < 4.78 is 0. The standard InChI is InChI=1S/C22H25N3O3/c1-13-9-19(22(28)24-14(13)2)16-3-5-17(6-4-16)21(27)23-11-15-10-20(26)25(12-15)18-7-8-18/h3-6,9,15,18H,7-8,10-12H2,1-2H3,(H,23,27)(H,24,28)/t15-/m1/s1. The molecule has 1 saturated heterocycles. The number of aryl methyl sites for hydroxylation is 2. The van der Waals surface area contributed by atoms with E-state index in [1.54, 1.807) is 24.3 Å². The first kappa shape index (κ1) is 18.5. The van der Waals surface area contributed by atoms with Crippen LogP contribution in [0.3, 0.4) is 0 Å². The van der Waals surface area contributed by atoms with Crippen LogP contribution in [0.2, 0.25) is 0 Å². The van der Waals surface area contributed by atoms with Crippen LogP contribution in [0.1, 0.15) is 40.9 Å². The molecule has 1 aliphatic heterocycles. The van der Waals surface area contributed by atoms with Crippen molar-refractivity contribution in [2.45, 2.75) is 39.2 Å². The van der Waals surface area contributed by atoms with Crippen molar-refractivity contribution in [3.63, 3.8) is 0 Å². The van der Waals surface area contributed by atoms with E-state index in [9.17, 15) is 14.4 Å². The van der Waals surface area contributed by atoms with Gasteiger partial charge in [-0.25, -0.2) is 0 Å². The SMILES string of the molecule is Cc1cc(-c2ccc(C(=O)NC[C@H]3CC(=O)N(C4CC4)C3)cc2)c(=O)[nH]c1C. The third-order valence-electron chi connectivity index (χ3n) is 5.73. The molecule has 2 aromatic rings. The van der Waals surface area contributed by atoms with Gasteiger partial charge in [-0.15, -0.1) is 0 Å². The molecule has 1 atom stereocenters. The molecule has 2 aliphatic rings. The van der Waals surface area contributed by atoms with Crippen LogP contribution < -0.4 is 10.9 Å². The molecule has 6 nitrogen and oxygen atoms in total. The average molecular weight is 379 g/mol. The average Bonchev–Trinajstić information content (AvgIpc) is 3.45. The van der Waals surface area contributed by atoms with Crippen molar-refractivity contribution in [3.05, 3.63) is 57.5 Å². The molecule has 2 heterocycles. The quantitative estimate of drug-likeness (QED) is 0.837. The molecule has 0 bridgehead atoms. The molecule has 2 fully saturated rings. The first-order chi connectivity index (χ1) is 13.4. The predicted molar refractivity (Wildman–Crippen MR) is 107 cm³/mol. The highest BCUT2D eigenvalue weighted by molar-refractivity contribution is 5.94. The van der Waals surface area contributed by atoms with E-state index in [-0.39, 0.29) is 23.3 Å². The molecule has 0 spiro atoms. The summed E-state index contributed by atoms with van der Waals surface area (Å²) in [7, 11) is 0. The van der Waals surface area contributed by atoms with Crippen LogP contribution in [0.4, 0.5) is 0 Å². The molecule has 1 saturated carbocycles. The van der Waals surface area contributed by atoms with Gasteiger partial charge in [0.05, 0.1) is 0 Å². The van der Waals surface area contributed by atoms with Gasteiger partial charge in [0.25, 0.3) is 11.5 Å². The number of carbonyl (C=O) groups is 2. The Morgan fingerprint density at radius 2 is 1.89 bits per heavy atom. The third kappa shape index (κ3) is 3.72. The van der Waals surface area contributed by atoms with Crippen LogP contribution in [0.25, 0.3) is 11.1 Å². The maximum Gasteiger partial charge on any atom is 0.256 e. The summed E-state index contributed by atoms with van der Waals surface area (Å²) in [5.41, 5.74) is 3.67. The highest BCUT2D eigenvalue weighted by Crippen LogP contribution is 2.32. The Balaban J connectivity index is 1.39. The number of hydrogen-bond donors (Lipinski definition) is 2. The third-order valence-corrected chi connectivity index (χ3v) is 5.73. The van der Waals surface area contributed by atoms with Crippen molar-refractivity contribution in [1.82, 2.24) is 15.2 Å². The van der Waals surface area contributed by atoms with Crippen LogP contribution in [-0.4, -0.2) is 40.8 Å². The Hall–Kier alpha value is -2.89. The van der Waals surface area contributed by atoms with Crippen molar-refractivity contribution in [3.8, 4) is 11.1 Å². The molecule has 6 heteroatoms. The molecule has 1 aliphatic carbocycles. The summed E-state index contributed by atoms with van der Waals surface area (Å²) in [5, 5.41) is 2.94. The van der Waals surface area contributed by atoms with Gasteiger partial charge in [0.15, 0.2) is 0 Å². The lowest BCUT2D eigenvalue weighted by Crippen LogP contribution is -2.32. The van der Waals surface area contributed by atoms with Crippen molar-refractivity contribution >= 4 is 11.8 Å². The molecule has 0 radical (unpaired) electrons. The summed E-state index contributed by atoms with van der Waals surface area (Å²) in [4.78, 5) is 41.5. The Kier molecular flexibility index (Phi) is 4.79. The number of pyridine rings is 1. The second-order valence-electron chi connectivity index (χ2n) is 7.95. The Morgan fingerprint density at radius 3 is 2.57 bits per heavy atom. The lowest BCUT2D eigenvalue weighted by atomic mass is 10.0. The van der Waals surface area contributed by atoms with E-state index in [0.717, 1.165) is 36.2 Å². The van der Waals surface area contributed by atoms with E-state index in [1.165, 1.54) is 0 Å². The largest absolute Gasteiger partial charge is 0.352 e. The number of amides is 2. The van der Waals surface area contributed by atoms with Crippen molar-refractivity contribution < 1.29 is 9.59 Å². The summed E-state index contributed by atoms with van der Waals surface area (Å²) in [6, 6.07) is 9.36. The van der Waals surface area contributed by atoms with Gasteiger partial charge >= 0.3 is 0 Å². The second-order valence-corrected chi connectivity index (χ2v) is 7.95. The number of aromatic amines is 1. The van der Waals surface area contributed by atoms with E-state index >= 15 is 0 Å². The minimum Gasteiger partial charge on any atom is -0.352 e. The molecule has 1 aromatic heterocycles.